The Morgan fingerprint density at radius 3 is 1.70 bits per heavy atom. The molecule has 0 aromatic heterocycles. The second-order valence-electron chi connectivity index (χ2n) is 5.41. The van der Waals surface area contributed by atoms with Crippen LogP contribution in [0.25, 0.3) is 0 Å². The molecule has 0 rings (SSSR count). The topological polar surface area (TPSA) is 37.3 Å². The molecule has 0 saturated carbocycles. The highest BCUT2D eigenvalue weighted by Crippen LogP contribution is 2.09. The third-order valence-electron chi connectivity index (χ3n) is 3.39. The number of carboxylic acids is 1. The zero-order valence-corrected chi connectivity index (χ0v) is 13.2. The van der Waals surface area contributed by atoms with Crippen molar-refractivity contribution in [1.29, 1.82) is 0 Å². The van der Waals surface area contributed by atoms with E-state index in [4.69, 9.17) is 5.11 Å². The van der Waals surface area contributed by atoms with Crippen molar-refractivity contribution in [2.75, 3.05) is 0 Å². The molecule has 0 bridgehead atoms. The van der Waals surface area contributed by atoms with Crippen molar-refractivity contribution in [1.82, 2.24) is 0 Å². The van der Waals surface area contributed by atoms with Crippen LogP contribution in [0.4, 0.5) is 0 Å². The van der Waals surface area contributed by atoms with Gasteiger partial charge in [-0.1, -0.05) is 63.7 Å². The van der Waals surface area contributed by atoms with E-state index in [0.29, 0.717) is 0 Å². The summed E-state index contributed by atoms with van der Waals surface area (Å²) >= 11 is 0. The molecule has 0 unspecified atom stereocenters. The Balaban J connectivity index is 3.11. The molecule has 0 aromatic carbocycles. The van der Waals surface area contributed by atoms with Gasteiger partial charge in [-0.25, -0.2) is 4.79 Å². The number of aliphatic carboxylic acids is 1. The lowest BCUT2D eigenvalue weighted by Crippen LogP contribution is -1.85. The van der Waals surface area contributed by atoms with Gasteiger partial charge in [0, 0.05) is 6.08 Å². The summed E-state index contributed by atoms with van der Waals surface area (Å²) in [4.78, 5) is 10.2. The van der Waals surface area contributed by atoms with E-state index < -0.39 is 5.97 Å². The average molecular weight is 280 g/mol. The Morgan fingerprint density at radius 2 is 1.20 bits per heavy atom. The lowest BCUT2D eigenvalue weighted by Gasteiger charge is -1.99. The molecular weight excluding hydrogens is 248 g/mol. The molecule has 0 spiro atoms. The van der Waals surface area contributed by atoms with E-state index in [1.54, 1.807) is 6.08 Å². The van der Waals surface area contributed by atoms with Crippen LogP contribution in [-0.2, 0) is 4.79 Å². The molecule has 0 aliphatic carbocycles. The second-order valence-corrected chi connectivity index (χ2v) is 5.41. The van der Waals surface area contributed by atoms with Crippen LogP contribution in [0.1, 0.15) is 84.0 Å². The fourth-order valence-corrected chi connectivity index (χ4v) is 2.16. The van der Waals surface area contributed by atoms with Crippen LogP contribution in [0.5, 0.6) is 0 Å². The predicted molar refractivity (Wildman–Crippen MR) is 87.0 cm³/mol. The lowest BCUT2D eigenvalue weighted by atomic mass is 10.1. The molecule has 0 atom stereocenters. The van der Waals surface area contributed by atoms with Crippen LogP contribution in [-0.4, -0.2) is 11.1 Å². The maximum Gasteiger partial charge on any atom is 0.327 e. The standard InChI is InChI=1S/C18H32O2/c1-2-3-4-5-6-7-8-9-10-11-12-13-14-15-16-17-18(19)20/h6-7,16-17H,2-5,8-15H2,1H3,(H,19,20)/b7-6?,17-16+. The van der Waals surface area contributed by atoms with Crippen LogP contribution < -0.4 is 0 Å². The Labute approximate surface area is 125 Å². The smallest absolute Gasteiger partial charge is 0.327 e. The Morgan fingerprint density at radius 1 is 0.750 bits per heavy atom. The average Bonchev–Trinajstić information content (AvgIpc) is 2.43. The fraction of sp³-hybridized carbons (Fsp3) is 0.722. The van der Waals surface area contributed by atoms with Crippen LogP contribution in [0.3, 0.4) is 0 Å². The van der Waals surface area contributed by atoms with Crippen LogP contribution in [0.2, 0.25) is 0 Å². The molecule has 0 radical (unpaired) electrons. The zero-order chi connectivity index (χ0) is 14.9. The third kappa shape index (κ3) is 16.9. The van der Waals surface area contributed by atoms with Crippen molar-refractivity contribution in [3.63, 3.8) is 0 Å². The first-order valence-corrected chi connectivity index (χ1v) is 8.31. The Hall–Kier alpha value is -1.05. The number of hydrogen-bond donors (Lipinski definition) is 1. The van der Waals surface area contributed by atoms with Gasteiger partial charge in [-0.2, -0.15) is 0 Å². The highest BCUT2D eigenvalue weighted by Gasteiger charge is 1.91. The molecule has 0 aromatic rings. The van der Waals surface area contributed by atoms with E-state index >= 15 is 0 Å². The Bertz CT molecular complexity index is 267. The van der Waals surface area contributed by atoms with E-state index in [1.807, 2.05) is 0 Å². The lowest BCUT2D eigenvalue weighted by molar-refractivity contribution is -0.131. The van der Waals surface area contributed by atoms with Gasteiger partial charge in [0.1, 0.15) is 0 Å². The number of allylic oxidation sites excluding steroid dienone is 3. The molecule has 1 N–H and O–H groups in total. The quantitative estimate of drug-likeness (QED) is 0.245. The van der Waals surface area contributed by atoms with Crippen LogP contribution in [0, 0.1) is 0 Å². The highest BCUT2D eigenvalue weighted by molar-refractivity contribution is 5.79. The van der Waals surface area contributed by atoms with E-state index in [0.717, 1.165) is 12.8 Å². The van der Waals surface area contributed by atoms with Gasteiger partial charge in [-0.3, -0.25) is 0 Å². The predicted octanol–water partition coefficient (Wildman–Crippen LogP) is 5.88. The van der Waals surface area contributed by atoms with Crippen LogP contribution in [0.15, 0.2) is 24.3 Å². The molecular formula is C18H32O2. The number of carbonyl (C=O) groups is 1. The summed E-state index contributed by atoms with van der Waals surface area (Å²) in [5, 5.41) is 8.43. The van der Waals surface area contributed by atoms with Gasteiger partial charge in [-0.15, -0.1) is 0 Å². The molecule has 2 heteroatoms. The fourth-order valence-electron chi connectivity index (χ4n) is 2.16. The number of carboxylic acid groups (broad SMARTS) is 1. The third-order valence-corrected chi connectivity index (χ3v) is 3.39. The van der Waals surface area contributed by atoms with Gasteiger partial charge in [0.25, 0.3) is 0 Å². The normalized spacial score (nSPS) is 11.7. The molecule has 2 nitrogen and oxygen atoms in total. The van der Waals surface area contributed by atoms with Crippen molar-refractivity contribution in [2.45, 2.75) is 84.0 Å². The van der Waals surface area contributed by atoms with E-state index in [2.05, 4.69) is 19.1 Å². The minimum absolute atomic E-state index is 0.840. The second kappa shape index (κ2) is 16.0. The highest BCUT2D eigenvalue weighted by atomic mass is 16.4. The van der Waals surface area contributed by atoms with Gasteiger partial charge in [0.05, 0.1) is 0 Å². The monoisotopic (exact) mass is 280 g/mol. The van der Waals surface area contributed by atoms with E-state index in [-0.39, 0.29) is 0 Å². The van der Waals surface area contributed by atoms with E-state index in [1.165, 1.54) is 70.3 Å². The molecule has 0 aliphatic rings. The number of unbranched alkanes of at least 4 members (excludes halogenated alkanes) is 10. The first-order chi connectivity index (χ1) is 9.77. The summed E-state index contributed by atoms with van der Waals surface area (Å²) < 4.78 is 0. The summed E-state index contributed by atoms with van der Waals surface area (Å²) in [6.07, 6.45) is 22.6. The van der Waals surface area contributed by atoms with E-state index in [9.17, 15) is 4.79 Å². The minimum Gasteiger partial charge on any atom is -0.478 e. The molecule has 0 amide bonds. The minimum atomic E-state index is -0.840. The van der Waals surface area contributed by atoms with Crippen molar-refractivity contribution < 1.29 is 9.90 Å². The number of hydrogen-bond acceptors (Lipinski definition) is 1. The first kappa shape index (κ1) is 18.9. The largest absolute Gasteiger partial charge is 0.478 e. The summed E-state index contributed by atoms with van der Waals surface area (Å²) in [7, 11) is 0. The summed E-state index contributed by atoms with van der Waals surface area (Å²) in [6.45, 7) is 2.24. The maximum atomic E-state index is 10.2. The zero-order valence-electron chi connectivity index (χ0n) is 13.2. The van der Waals surface area contributed by atoms with Crippen molar-refractivity contribution >= 4 is 5.97 Å². The molecule has 20 heavy (non-hydrogen) atoms. The van der Waals surface area contributed by atoms with Crippen molar-refractivity contribution in [2.24, 2.45) is 0 Å². The summed E-state index contributed by atoms with van der Waals surface area (Å²) in [6, 6.07) is 0. The number of rotatable bonds is 14. The SMILES string of the molecule is CCCCCC=CCCCCCCCC/C=C/C(=O)O. The van der Waals surface area contributed by atoms with Gasteiger partial charge >= 0.3 is 5.97 Å². The molecule has 0 saturated heterocycles. The van der Waals surface area contributed by atoms with Gasteiger partial charge < -0.3 is 5.11 Å². The first-order valence-electron chi connectivity index (χ1n) is 8.31. The Kier molecular flexibility index (Phi) is 15.2. The summed E-state index contributed by atoms with van der Waals surface area (Å²) in [5.74, 6) is -0.840. The molecule has 0 aliphatic heterocycles. The molecule has 0 heterocycles. The van der Waals surface area contributed by atoms with Gasteiger partial charge in [0.15, 0.2) is 0 Å². The van der Waals surface area contributed by atoms with Crippen molar-refractivity contribution in [3.8, 4) is 0 Å². The van der Waals surface area contributed by atoms with Crippen molar-refractivity contribution in [3.05, 3.63) is 24.3 Å². The van der Waals surface area contributed by atoms with Crippen LogP contribution >= 0.6 is 0 Å². The maximum absolute atomic E-state index is 10.2. The van der Waals surface area contributed by atoms with Gasteiger partial charge in [0.2, 0.25) is 0 Å². The molecule has 116 valence electrons. The van der Waals surface area contributed by atoms with Gasteiger partial charge in [-0.05, 0) is 38.5 Å². The molecule has 0 fully saturated rings. The summed E-state index contributed by atoms with van der Waals surface area (Å²) in [5.41, 5.74) is 0.